The van der Waals surface area contributed by atoms with Gasteiger partial charge in [0.25, 0.3) is 0 Å². The molecule has 1 aliphatic rings. The van der Waals surface area contributed by atoms with Crippen LogP contribution < -0.4 is 5.73 Å². The highest BCUT2D eigenvalue weighted by molar-refractivity contribution is 5.81. The van der Waals surface area contributed by atoms with Gasteiger partial charge in [0.05, 0.1) is 11.6 Å². The van der Waals surface area contributed by atoms with E-state index < -0.39 is 11.6 Å². The van der Waals surface area contributed by atoms with E-state index in [1.165, 1.54) is 0 Å². The van der Waals surface area contributed by atoms with Crippen molar-refractivity contribution in [3.63, 3.8) is 0 Å². The molecule has 1 unspecified atom stereocenters. The van der Waals surface area contributed by atoms with Crippen molar-refractivity contribution in [2.45, 2.75) is 43.7 Å². The zero-order valence-corrected chi connectivity index (χ0v) is 12.1. The number of carbonyl (C=O) groups excluding carboxylic acids is 1. The van der Waals surface area contributed by atoms with Gasteiger partial charge in [-0.15, -0.1) is 0 Å². The average molecular weight is 276 g/mol. The lowest BCUT2D eigenvalue weighted by Gasteiger charge is -2.30. The molecule has 0 radical (unpaired) electrons. The van der Waals surface area contributed by atoms with Crippen molar-refractivity contribution in [1.82, 2.24) is 4.90 Å². The summed E-state index contributed by atoms with van der Waals surface area (Å²) in [6.07, 6.45) is 4.16. The molecule has 3 N–H and O–H groups in total. The number of nitrogens with two attached hydrogens (primary N) is 1. The molecule has 1 aromatic carbocycles. The lowest BCUT2D eigenvalue weighted by molar-refractivity contribution is -0.134. The Morgan fingerprint density at radius 1 is 1.35 bits per heavy atom. The number of amides is 1. The van der Waals surface area contributed by atoms with Crippen molar-refractivity contribution in [1.29, 1.82) is 0 Å². The average Bonchev–Trinajstić information content (AvgIpc) is 2.85. The number of rotatable bonds is 5. The van der Waals surface area contributed by atoms with E-state index in [4.69, 9.17) is 5.73 Å². The molecule has 4 heteroatoms. The lowest BCUT2D eigenvalue weighted by atomic mass is 10.0. The highest BCUT2D eigenvalue weighted by Gasteiger charge is 2.34. The molecule has 0 aliphatic heterocycles. The lowest BCUT2D eigenvalue weighted by Crippen LogP contribution is -2.48. The number of nitrogens with zero attached hydrogens (tertiary/aromatic N) is 1. The van der Waals surface area contributed by atoms with E-state index in [1.54, 1.807) is 11.9 Å². The van der Waals surface area contributed by atoms with E-state index in [2.05, 4.69) is 0 Å². The summed E-state index contributed by atoms with van der Waals surface area (Å²) >= 11 is 0. The Labute approximate surface area is 120 Å². The molecule has 0 saturated heterocycles. The van der Waals surface area contributed by atoms with E-state index in [0.29, 0.717) is 13.0 Å². The number of hydrogen-bond donors (Lipinski definition) is 2. The van der Waals surface area contributed by atoms with Crippen LogP contribution in [0.2, 0.25) is 0 Å². The number of hydrogen-bond acceptors (Lipinski definition) is 3. The number of aliphatic hydroxyl groups is 1. The van der Waals surface area contributed by atoms with Crippen LogP contribution in [0.5, 0.6) is 0 Å². The molecule has 1 saturated carbocycles. The molecule has 2 rings (SSSR count). The highest BCUT2D eigenvalue weighted by atomic mass is 16.3. The molecule has 4 nitrogen and oxygen atoms in total. The van der Waals surface area contributed by atoms with Gasteiger partial charge in [0.2, 0.25) is 5.91 Å². The first-order valence-corrected chi connectivity index (χ1v) is 7.27. The monoisotopic (exact) mass is 276 g/mol. The van der Waals surface area contributed by atoms with Crippen LogP contribution in [0.4, 0.5) is 0 Å². The van der Waals surface area contributed by atoms with Crippen molar-refractivity contribution in [3.05, 3.63) is 35.9 Å². The summed E-state index contributed by atoms with van der Waals surface area (Å²) in [5.41, 5.74) is 6.34. The first kappa shape index (κ1) is 15.0. The maximum Gasteiger partial charge on any atom is 0.239 e. The second kappa shape index (κ2) is 6.37. The molecule has 1 fully saturated rings. The smallest absolute Gasteiger partial charge is 0.239 e. The van der Waals surface area contributed by atoms with Crippen LogP contribution in [0.3, 0.4) is 0 Å². The summed E-state index contributed by atoms with van der Waals surface area (Å²) in [6, 6.07) is 9.22. The Bertz CT molecular complexity index is 441. The van der Waals surface area contributed by atoms with Gasteiger partial charge < -0.3 is 15.7 Å². The van der Waals surface area contributed by atoms with E-state index in [1.807, 2.05) is 30.3 Å². The molecule has 1 amide bonds. The Hall–Kier alpha value is -1.39. The SMILES string of the molecule is CN(CC1(O)CCCC1)C(=O)C(N)Cc1ccccc1. The minimum Gasteiger partial charge on any atom is -0.388 e. The minimum atomic E-state index is -0.711. The van der Waals surface area contributed by atoms with Crippen molar-refractivity contribution in [2.75, 3.05) is 13.6 Å². The molecule has 0 aromatic heterocycles. The predicted molar refractivity (Wildman–Crippen MR) is 79.2 cm³/mol. The number of likely N-dealkylation sites (N-methyl/N-ethyl adjacent to an activating group) is 1. The Balaban J connectivity index is 1.89. The van der Waals surface area contributed by atoms with Crippen LogP contribution in [0.25, 0.3) is 0 Å². The maximum absolute atomic E-state index is 12.3. The van der Waals surface area contributed by atoms with Crippen LogP contribution in [-0.2, 0) is 11.2 Å². The molecular formula is C16H24N2O2. The first-order valence-electron chi connectivity index (χ1n) is 7.27. The van der Waals surface area contributed by atoms with Gasteiger partial charge in [0, 0.05) is 13.6 Å². The first-order chi connectivity index (χ1) is 9.50. The van der Waals surface area contributed by atoms with Crippen molar-refractivity contribution >= 4 is 5.91 Å². The van der Waals surface area contributed by atoms with Gasteiger partial charge in [-0.3, -0.25) is 4.79 Å². The van der Waals surface area contributed by atoms with Gasteiger partial charge in [-0.05, 0) is 24.8 Å². The Morgan fingerprint density at radius 3 is 2.55 bits per heavy atom. The fourth-order valence-corrected chi connectivity index (χ4v) is 2.95. The molecule has 20 heavy (non-hydrogen) atoms. The van der Waals surface area contributed by atoms with Crippen molar-refractivity contribution in [3.8, 4) is 0 Å². The van der Waals surface area contributed by atoms with Gasteiger partial charge in [-0.25, -0.2) is 0 Å². The molecular weight excluding hydrogens is 252 g/mol. The molecule has 0 spiro atoms. The third-order valence-electron chi connectivity index (χ3n) is 4.06. The van der Waals surface area contributed by atoms with Gasteiger partial charge in [-0.2, -0.15) is 0 Å². The van der Waals surface area contributed by atoms with Crippen LogP contribution in [0.15, 0.2) is 30.3 Å². The second-order valence-electron chi connectivity index (χ2n) is 5.92. The van der Waals surface area contributed by atoms with E-state index >= 15 is 0 Å². The van der Waals surface area contributed by atoms with E-state index in [9.17, 15) is 9.90 Å². The summed E-state index contributed by atoms with van der Waals surface area (Å²) < 4.78 is 0. The quantitative estimate of drug-likeness (QED) is 0.852. The highest BCUT2D eigenvalue weighted by Crippen LogP contribution is 2.30. The van der Waals surface area contributed by atoms with Gasteiger partial charge in [0.1, 0.15) is 0 Å². The number of benzene rings is 1. The third-order valence-corrected chi connectivity index (χ3v) is 4.06. The largest absolute Gasteiger partial charge is 0.388 e. The predicted octanol–water partition coefficient (Wildman–Crippen LogP) is 1.32. The summed E-state index contributed by atoms with van der Waals surface area (Å²) in [6.45, 7) is 0.383. The number of carbonyl (C=O) groups is 1. The van der Waals surface area contributed by atoms with Gasteiger partial charge in [-0.1, -0.05) is 43.2 Å². The molecule has 110 valence electrons. The minimum absolute atomic E-state index is 0.103. The molecule has 1 aromatic rings. The van der Waals surface area contributed by atoms with E-state index in [-0.39, 0.29) is 5.91 Å². The zero-order chi connectivity index (χ0) is 14.6. The summed E-state index contributed by atoms with van der Waals surface area (Å²) in [5, 5.41) is 10.3. The van der Waals surface area contributed by atoms with Crippen LogP contribution in [0.1, 0.15) is 31.2 Å². The van der Waals surface area contributed by atoms with Gasteiger partial charge in [0.15, 0.2) is 0 Å². The Morgan fingerprint density at radius 2 is 1.95 bits per heavy atom. The summed E-state index contributed by atoms with van der Waals surface area (Å²) in [4.78, 5) is 13.8. The fraction of sp³-hybridized carbons (Fsp3) is 0.562. The molecule has 0 heterocycles. The third kappa shape index (κ3) is 3.81. The second-order valence-corrected chi connectivity index (χ2v) is 5.92. The van der Waals surface area contributed by atoms with Crippen molar-refractivity contribution in [2.24, 2.45) is 5.73 Å². The zero-order valence-electron chi connectivity index (χ0n) is 12.1. The summed E-state index contributed by atoms with van der Waals surface area (Å²) in [7, 11) is 1.73. The fourth-order valence-electron chi connectivity index (χ4n) is 2.95. The topological polar surface area (TPSA) is 66.6 Å². The van der Waals surface area contributed by atoms with Gasteiger partial charge >= 0.3 is 0 Å². The maximum atomic E-state index is 12.3. The molecule has 1 aliphatic carbocycles. The standard InChI is InChI=1S/C16H24N2O2/c1-18(12-16(20)9-5-6-10-16)15(19)14(17)11-13-7-3-2-4-8-13/h2-4,7-8,14,20H,5-6,9-12,17H2,1H3. The van der Waals surface area contributed by atoms with E-state index in [0.717, 1.165) is 31.2 Å². The van der Waals surface area contributed by atoms with Crippen LogP contribution in [-0.4, -0.2) is 41.1 Å². The molecule has 0 bridgehead atoms. The molecule has 1 atom stereocenters. The summed E-state index contributed by atoms with van der Waals surface area (Å²) in [5.74, 6) is -0.103. The Kier molecular flexibility index (Phi) is 4.78. The normalized spacial score (nSPS) is 18.8. The van der Waals surface area contributed by atoms with Crippen molar-refractivity contribution < 1.29 is 9.90 Å². The van der Waals surface area contributed by atoms with Crippen LogP contribution >= 0.6 is 0 Å². The van der Waals surface area contributed by atoms with Crippen LogP contribution in [0, 0.1) is 0 Å².